The second kappa shape index (κ2) is 6.01. The summed E-state index contributed by atoms with van der Waals surface area (Å²) in [6.45, 7) is 8.38. The third-order valence-electron chi connectivity index (χ3n) is 2.64. The molecular weight excluding hydrogens is 226 g/mol. The Bertz CT molecular complexity index is 407. The van der Waals surface area contributed by atoms with Crippen molar-refractivity contribution in [2.75, 3.05) is 13.6 Å². The highest BCUT2D eigenvalue weighted by atomic mass is 16.4. The lowest BCUT2D eigenvalue weighted by atomic mass is 9.95. The van der Waals surface area contributed by atoms with E-state index < -0.39 is 5.97 Å². The third-order valence-corrected chi connectivity index (χ3v) is 2.64. The van der Waals surface area contributed by atoms with Gasteiger partial charge in [-0.3, -0.25) is 4.79 Å². The Morgan fingerprint density at radius 2 is 1.78 bits per heavy atom. The Kier molecular flexibility index (Phi) is 4.91. The topological polar surface area (TPSA) is 40.5 Å². The van der Waals surface area contributed by atoms with Gasteiger partial charge < -0.3 is 10.0 Å². The molecule has 3 nitrogen and oxygen atoms in total. The van der Waals surface area contributed by atoms with Gasteiger partial charge in [-0.1, -0.05) is 45.0 Å². The van der Waals surface area contributed by atoms with E-state index in [0.29, 0.717) is 0 Å². The third kappa shape index (κ3) is 5.32. The molecule has 0 aromatic heterocycles. The predicted octanol–water partition coefficient (Wildman–Crippen LogP) is 2.79. The van der Waals surface area contributed by atoms with E-state index in [1.165, 1.54) is 0 Å². The lowest BCUT2D eigenvalue weighted by molar-refractivity contribution is -0.136. The van der Waals surface area contributed by atoms with Gasteiger partial charge in [-0.15, -0.1) is 0 Å². The molecule has 0 aliphatic heterocycles. The van der Waals surface area contributed by atoms with Gasteiger partial charge in [-0.25, -0.2) is 0 Å². The van der Waals surface area contributed by atoms with E-state index in [1.54, 1.807) is 0 Å². The van der Waals surface area contributed by atoms with Crippen LogP contribution in [0.1, 0.15) is 31.9 Å². The van der Waals surface area contributed by atoms with E-state index in [-0.39, 0.29) is 11.8 Å². The van der Waals surface area contributed by atoms with Gasteiger partial charge in [0.2, 0.25) is 0 Å². The number of carbonyl (C=O) groups is 1. The largest absolute Gasteiger partial charge is 0.481 e. The molecule has 0 heterocycles. The van der Waals surface area contributed by atoms with E-state index in [1.807, 2.05) is 24.3 Å². The van der Waals surface area contributed by atoms with E-state index in [4.69, 9.17) is 5.11 Å². The summed E-state index contributed by atoms with van der Waals surface area (Å²) in [7, 11) is 2.07. The molecular formula is C15H23NO2. The molecule has 0 saturated heterocycles. The van der Waals surface area contributed by atoms with Crippen LogP contribution < -0.4 is 0 Å². The standard InChI is InChI=1S/C15H23NO2/c1-15(2,3)11-16(4)10-13-8-6-5-7-12(13)9-14(17)18/h5-8H,9-11H2,1-4H3,(H,17,18). The maximum atomic E-state index is 10.8. The summed E-state index contributed by atoms with van der Waals surface area (Å²) in [5, 5.41) is 8.90. The fraction of sp³-hybridized carbons (Fsp3) is 0.533. The van der Waals surface area contributed by atoms with Gasteiger partial charge in [0, 0.05) is 13.1 Å². The van der Waals surface area contributed by atoms with Crippen molar-refractivity contribution in [2.24, 2.45) is 5.41 Å². The van der Waals surface area contributed by atoms with Crippen molar-refractivity contribution >= 4 is 5.97 Å². The molecule has 1 aromatic rings. The molecule has 0 amide bonds. The molecule has 0 aliphatic rings. The van der Waals surface area contributed by atoms with Crippen LogP contribution in [0.3, 0.4) is 0 Å². The van der Waals surface area contributed by atoms with Crippen LogP contribution in [0.2, 0.25) is 0 Å². The molecule has 0 radical (unpaired) electrons. The highest BCUT2D eigenvalue weighted by molar-refractivity contribution is 5.70. The quantitative estimate of drug-likeness (QED) is 0.872. The minimum absolute atomic E-state index is 0.0968. The maximum absolute atomic E-state index is 10.8. The highest BCUT2D eigenvalue weighted by Gasteiger charge is 2.15. The predicted molar refractivity (Wildman–Crippen MR) is 73.6 cm³/mol. The van der Waals surface area contributed by atoms with Crippen LogP contribution in [0.15, 0.2) is 24.3 Å². The van der Waals surface area contributed by atoms with Gasteiger partial charge in [0.25, 0.3) is 0 Å². The Balaban J connectivity index is 2.74. The van der Waals surface area contributed by atoms with Crippen LogP contribution in [-0.4, -0.2) is 29.6 Å². The first-order chi connectivity index (χ1) is 8.28. The number of rotatable bonds is 5. The van der Waals surface area contributed by atoms with Crippen molar-refractivity contribution in [3.63, 3.8) is 0 Å². The summed E-state index contributed by atoms with van der Waals surface area (Å²) in [5.41, 5.74) is 2.26. The first kappa shape index (κ1) is 14.7. The van der Waals surface area contributed by atoms with Crippen molar-refractivity contribution < 1.29 is 9.90 Å². The van der Waals surface area contributed by atoms with Gasteiger partial charge in [0.15, 0.2) is 0 Å². The van der Waals surface area contributed by atoms with Crippen LogP contribution >= 0.6 is 0 Å². The molecule has 1 rings (SSSR count). The molecule has 18 heavy (non-hydrogen) atoms. The van der Waals surface area contributed by atoms with Crippen molar-refractivity contribution in [1.82, 2.24) is 4.90 Å². The number of carboxylic acids is 1. The summed E-state index contributed by atoms with van der Waals surface area (Å²) >= 11 is 0. The zero-order valence-electron chi connectivity index (χ0n) is 11.7. The first-order valence-corrected chi connectivity index (χ1v) is 6.25. The van der Waals surface area contributed by atoms with Crippen molar-refractivity contribution in [1.29, 1.82) is 0 Å². The highest BCUT2D eigenvalue weighted by Crippen LogP contribution is 2.17. The summed E-state index contributed by atoms with van der Waals surface area (Å²) in [5.74, 6) is -0.777. The average molecular weight is 249 g/mol. The number of hydrogen-bond acceptors (Lipinski definition) is 2. The second-order valence-electron chi connectivity index (χ2n) is 6.07. The molecule has 3 heteroatoms. The van der Waals surface area contributed by atoms with Gasteiger partial charge in [0.05, 0.1) is 6.42 Å². The SMILES string of the molecule is CN(Cc1ccccc1CC(=O)O)CC(C)(C)C. The summed E-state index contributed by atoms with van der Waals surface area (Å²) < 4.78 is 0. The molecule has 100 valence electrons. The monoisotopic (exact) mass is 249 g/mol. The number of nitrogens with zero attached hydrogens (tertiary/aromatic N) is 1. The van der Waals surface area contributed by atoms with Crippen molar-refractivity contribution in [3.8, 4) is 0 Å². The molecule has 1 aromatic carbocycles. The van der Waals surface area contributed by atoms with E-state index in [0.717, 1.165) is 24.2 Å². The number of hydrogen-bond donors (Lipinski definition) is 1. The Labute approximate surface area is 109 Å². The first-order valence-electron chi connectivity index (χ1n) is 6.25. The maximum Gasteiger partial charge on any atom is 0.307 e. The van der Waals surface area contributed by atoms with Crippen LogP contribution in [-0.2, 0) is 17.8 Å². The van der Waals surface area contributed by atoms with Crippen LogP contribution in [0.5, 0.6) is 0 Å². The Hall–Kier alpha value is -1.35. The minimum atomic E-state index is -0.777. The minimum Gasteiger partial charge on any atom is -0.481 e. The van der Waals surface area contributed by atoms with Crippen molar-refractivity contribution in [3.05, 3.63) is 35.4 Å². The Morgan fingerprint density at radius 1 is 1.22 bits per heavy atom. The summed E-state index contributed by atoms with van der Waals surface area (Å²) in [4.78, 5) is 13.1. The van der Waals surface area contributed by atoms with Crippen LogP contribution in [0, 0.1) is 5.41 Å². The second-order valence-corrected chi connectivity index (χ2v) is 6.07. The molecule has 0 atom stereocenters. The number of aliphatic carboxylic acids is 1. The lowest BCUT2D eigenvalue weighted by Gasteiger charge is -2.27. The fourth-order valence-electron chi connectivity index (χ4n) is 2.20. The zero-order chi connectivity index (χ0) is 13.8. The molecule has 0 unspecified atom stereocenters. The molecule has 0 bridgehead atoms. The molecule has 0 fully saturated rings. The number of carboxylic acid groups (broad SMARTS) is 1. The fourth-order valence-corrected chi connectivity index (χ4v) is 2.20. The van der Waals surface area contributed by atoms with Gasteiger partial charge >= 0.3 is 5.97 Å². The average Bonchev–Trinajstić information content (AvgIpc) is 2.17. The van der Waals surface area contributed by atoms with Gasteiger partial charge in [-0.05, 0) is 23.6 Å². The van der Waals surface area contributed by atoms with Gasteiger partial charge in [0.1, 0.15) is 0 Å². The van der Waals surface area contributed by atoms with E-state index >= 15 is 0 Å². The lowest BCUT2D eigenvalue weighted by Crippen LogP contribution is -2.29. The Morgan fingerprint density at radius 3 is 2.28 bits per heavy atom. The molecule has 1 N–H and O–H groups in total. The van der Waals surface area contributed by atoms with Crippen molar-refractivity contribution in [2.45, 2.75) is 33.7 Å². The van der Waals surface area contributed by atoms with Crippen LogP contribution in [0.4, 0.5) is 0 Å². The van der Waals surface area contributed by atoms with Gasteiger partial charge in [-0.2, -0.15) is 0 Å². The zero-order valence-corrected chi connectivity index (χ0v) is 11.7. The smallest absolute Gasteiger partial charge is 0.307 e. The molecule has 0 aliphatic carbocycles. The molecule has 0 saturated carbocycles. The van der Waals surface area contributed by atoms with E-state index in [9.17, 15) is 4.79 Å². The molecule has 0 spiro atoms. The normalized spacial score (nSPS) is 11.8. The summed E-state index contributed by atoms with van der Waals surface area (Å²) in [6.07, 6.45) is 0.0968. The number of benzene rings is 1. The van der Waals surface area contributed by atoms with Crippen LogP contribution in [0.25, 0.3) is 0 Å². The van der Waals surface area contributed by atoms with E-state index in [2.05, 4.69) is 32.7 Å². The summed E-state index contributed by atoms with van der Waals surface area (Å²) in [6, 6.07) is 7.77.